The van der Waals surface area contributed by atoms with Crippen LogP contribution in [0, 0.1) is 0 Å². The van der Waals surface area contributed by atoms with Crippen molar-refractivity contribution < 1.29 is 9.32 Å². The van der Waals surface area contributed by atoms with E-state index in [9.17, 15) is 4.79 Å². The summed E-state index contributed by atoms with van der Waals surface area (Å²) in [6.45, 7) is 3.25. The number of hydrogen-bond acceptors (Lipinski definition) is 6. The average Bonchev–Trinajstić information content (AvgIpc) is 3.23. The van der Waals surface area contributed by atoms with E-state index >= 15 is 0 Å². The fraction of sp³-hybridized carbons (Fsp3) is 0.615. The molecule has 2 aromatic rings. The van der Waals surface area contributed by atoms with Gasteiger partial charge in [0.2, 0.25) is 11.8 Å². The van der Waals surface area contributed by atoms with Gasteiger partial charge in [0.05, 0.1) is 12.6 Å². The monoisotopic (exact) mass is 290 g/mol. The molecule has 1 amide bonds. The standard InChI is InChI=1S/C13H18N6O2/c1-2-11-16-13(17-21-11)10-4-3-6-19(10)12(20)5-7-18-9-14-8-15-18/h8-10H,2-7H2,1H3/t10-/m1/s1. The van der Waals surface area contributed by atoms with Crippen LogP contribution in [-0.2, 0) is 17.8 Å². The van der Waals surface area contributed by atoms with Crippen LogP contribution < -0.4 is 0 Å². The highest BCUT2D eigenvalue weighted by Crippen LogP contribution is 2.30. The quantitative estimate of drug-likeness (QED) is 0.815. The second kappa shape index (κ2) is 6.02. The van der Waals surface area contributed by atoms with Crippen LogP contribution in [0.4, 0.5) is 0 Å². The van der Waals surface area contributed by atoms with Gasteiger partial charge in [0, 0.05) is 19.4 Å². The van der Waals surface area contributed by atoms with Crippen molar-refractivity contribution in [3.63, 3.8) is 0 Å². The number of hydrogen-bond donors (Lipinski definition) is 0. The molecule has 3 rings (SSSR count). The third-order valence-corrected chi connectivity index (χ3v) is 3.68. The molecule has 0 aliphatic carbocycles. The molecule has 8 heteroatoms. The van der Waals surface area contributed by atoms with Crippen molar-refractivity contribution in [2.75, 3.05) is 6.54 Å². The molecule has 8 nitrogen and oxygen atoms in total. The molecule has 1 fully saturated rings. The highest BCUT2D eigenvalue weighted by Gasteiger charge is 2.32. The lowest BCUT2D eigenvalue weighted by atomic mass is 10.2. The molecule has 1 atom stereocenters. The number of carbonyl (C=O) groups excluding carboxylic acids is 1. The second-order valence-corrected chi connectivity index (χ2v) is 5.05. The molecular formula is C13H18N6O2. The van der Waals surface area contributed by atoms with Gasteiger partial charge in [-0.3, -0.25) is 9.48 Å². The molecule has 1 aliphatic rings. The summed E-state index contributed by atoms with van der Waals surface area (Å²) >= 11 is 0. The number of amides is 1. The molecule has 0 bridgehead atoms. The summed E-state index contributed by atoms with van der Waals surface area (Å²) in [7, 11) is 0. The van der Waals surface area contributed by atoms with Crippen molar-refractivity contribution in [2.45, 2.75) is 45.2 Å². The van der Waals surface area contributed by atoms with E-state index < -0.39 is 0 Å². The minimum atomic E-state index is -0.0581. The van der Waals surface area contributed by atoms with Crippen LogP contribution in [0.2, 0.25) is 0 Å². The fourth-order valence-electron chi connectivity index (χ4n) is 2.58. The molecule has 21 heavy (non-hydrogen) atoms. The zero-order valence-corrected chi connectivity index (χ0v) is 12.0. The Morgan fingerprint density at radius 1 is 1.52 bits per heavy atom. The highest BCUT2D eigenvalue weighted by molar-refractivity contribution is 5.76. The number of rotatable bonds is 5. The first kappa shape index (κ1) is 13.7. The van der Waals surface area contributed by atoms with Crippen LogP contribution in [0.15, 0.2) is 17.2 Å². The van der Waals surface area contributed by atoms with Crippen LogP contribution in [0.5, 0.6) is 0 Å². The van der Waals surface area contributed by atoms with Crippen LogP contribution in [-0.4, -0.2) is 42.3 Å². The highest BCUT2D eigenvalue weighted by atomic mass is 16.5. The fourth-order valence-corrected chi connectivity index (χ4v) is 2.58. The second-order valence-electron chi connectivity index (χ2n) is 5.05. The van der Waals surface area contributed by atoms with Crippen molar-refractivity contribution in [2.24, 2.45) is 0 Å². The van der Waals surface area contributed by atoms with Gasteiger partial charge in [0.15, 0.2) is 5.82 Å². The molecule has 1 saturated heterocycles. The molecule has 3 heterocycles. The maximum atomic E-state index is 12.4. The lowest BCUT2D eigenvalue weighted by molar-refractivity contribution is -0.132. The Hall–Kier alpha value is -2.25. The third kappa shape index (κ3) is 2.93. The van der Waals surface area contributed by atoms with Gasteiger partial charge in [-0.05, 0) is 12.8 Å². The van der Waals surface area contributed by atoms with Crippen molar-refractivity contribution in [3.8, 4) is 0 Å². The van der Waals surface area contributed by atoms with E-state index in [2.05, 4.69) is 20.2 Å². The maximum Gasteiger partial charge on any atom is 0.226 e. The Labute approximate surface area is 122 Å². The molecule has 0 saturated carbocycles. The largest absolute Gasteiger partial charge is 0.339 e. The van der Waals surface area contributed by atoms with Crippen LogP contribution in [0.3, 0.4) is 0 Å². The van der Waals surface area contributed by atoms with Crippen molar-refractivity contribution in [1.82, 2.24) is 29.8 Å². The Kier molecular flexibility index (Phi) is 3.94. The molecular weight excluding hydrogens is 272 g/mol. The molecule has 0 spiro atoms. The molecule has 1 aliphatic heterocycles. The molecule has 0 N–H and O–H groups in total. The van der Waals surface area contributed by atoms with Gasteiger partial charge in [-0.2, -0.15) is 10.1 Å². The SMILES string of the molecule is CCc1nc([C@H]2CCCN2C(=O)CCn2cncn2)no1. The van der Waals surface area contributed by atoms with Gasteiger partial charge in [-0.15, -0.1) is 0 Å². The van der Waals surface area contributed by atoms with Crippen molar-refractivity contribution >= 4 is 5.91 Å². The molecule has 2 aromatic heterocycles. The van der Waals surface area contributed by atoms with Gasteiger partial charge >= 0.3 is 0 Å². The zero-order chi connectivity index (χ0) is 14.7. The van der Waals surface area contributed by atoms with Gasteiger partial charge in [0.25, 0.3) is 0 Å². The first-order valence-corrected chi connectivity index (χ1v) is 7.22. The third-order valence-electron chi connectivity index (χ3n) is 3.68. The molecule has 112 valence electrons. The predicted octanol–water partition coefficient (Wildman–Crippen LogP) is 0.977. The summed E-state index contributed by atoms with van der Waals surface area (Å²) in [6.07, 6.45) is 6.04. The molecule has 0 radical (unpaired) electrons. The van der Waals surface area contributed by atoms with Crippen molar-refractivity contribution in [3.05, 3.63) is 24.4 Å². The van der Waals surface area contributed by atoms with E-state index in [4.69, 9.17) is 4.52 Å². The normalized spacial score (nSPS) is 18.3. The van der Waals surface area contributed by atoms with E-state index in [-0.39, 0.29) is 11.9 Å². The van der Waals surface area contributed by atoms with Gasteiger partial charge in [-0.25, -0.2) is 4.98 Å². The van der Waals surface area contributed by atoms with E-state index in [0.29, 0.717) is 31.1 Å². The van der Waals surface area contributed by atoms with Gasteiger partial charge in [-0.1, -0.05) is 12.1 Å². The average molecular weight is 290 g/mol. The lowest BCUT2D eigenvalue weighted by Crippen LogP contribution is -2.31. The van der Waals surface area contributed by atoms with Crippen LogP contribution in [0.1, 0.15) is 43.9 Å². The zero-order valence-electron chi connectivity index (χ0n) is 12.0. The molecule has 0 aromatic carbocycles. The first-order valence-electron chi connectivity index (χ1n) is 7.22. The van der Waals surface area contributed by atoms with E-state index in [1.165, 1.54) is 6.33 Å². The summed E-state index contributed by atoms with van der Waals surface area (Å²) in [5.41, 5.74) is 0. The molecule has 0 unspecified atom stereocenters. The Bertz CT molecular complexity index is 594. The van der Waals surface area contributed by atoms with Gasteiger partial charge in [0.1, 0.15) is 12.7 Å². The summed E-state index contributed by atoms with van der Waals surface area (Å²) in [5.74, 6) is 1.33. The predicted molar refractivity (Wildman–Crippen MR) is 72.0 cm³/mol. The van der Waals surface area contributed by atoms with Crippen LogP contribution in [0.25, 0.3) is 0 Å². The lowest BCUT2D eigenvalue weighted by Gasteiger charge is -2.22. The smallest absolute Gasteiger partial charge is 0.226 e. The minimum absolute atomic E-state index is 0.0581. The maximum absolute atomic E-state index is 12.4. The Balaban J connectivity index is 1.64. The summed E-state index contributed by atoms with van der Waals surface area (Å²) in [6, 6.07) is -0.0581. The van der Waals surface area contributed by atoms with E-state index in [1.807, 2.05) is 11.8 Å². The Morgan fingerprint density at radius 2 is 2.43 bits per heavy atom. The minimum Gasteiger partial charge on any atom is -0.339 e. The number of aryl methyl sites for hydroxylation is 2. The number of nitrogens with zero attached hydrogens (tertiary/aromatic N) is 6. The summed E-state index contributed by atoms with van der Waals surface area (Å²) in [4.78, 5) is 22.4. The van der Waals surface area contributed by atoms with Crippen LogP contribution >= 0.6 is 0 Å². The first-order chi connectivity index (χ1) is 10.3. The number of carbonyl (C=O) groups is 1. The van der Waals surface area contributed by atoms with Crippen molar-refractivity contribution in [1.29, 1.82) is 0 Å². The van der Waals surface area contributed by atoms with E-state index in [0.717, 1.165) is 19.4 Å². The summed E-state index contributed by atoms with van der Waals surface area (Å²) in [5, 5.41) is 8.01. The topological polar surface area (TPSA) is 89.9 Å². The van der Waals surface area contributed by atoms with E-state index in [1.54, 1.807) is 11.0 Å². The Morgan fingerprint density at radius 3 is 3.14 bits per heavy atom. The van der Waals surface area contributed by atoms with Gasteiger partial charge < -0.3 is 9.42 Å². The number of aromatic nitrogens is 5. The number of likely N-dealkylation sites (tertiary alicyclic amines) is 1. The summed E-state index contributed by atoms with van der Waals surface area (Å²) < 4.78 is 6.81.